The molecule has 0 radical (unpaired) electrons. The lowest BCUT2D eigenvalue weighted by atomic mass is 9.87. The molecule has 1 heterocycles. The predicted octanol–water partition coefficient (Wildman–Crippen LogP) is 1.51. The minimum atomic E-state index is 0.226. The second-order valence-electron chi connectivity index (χ2n) is 5.41. The Labute approximate surface area is 103 Å². The first-order valence-corrected chi connectivity index (χ1v) is 7.16. The van der Waals surface area contributed by atoms with Gasteiger partial charge < -0.3 is 15.2 Å². The van der Waals surface area contributed by atoms with Gasteiger partial charge in [-0.25, -0.2) is 0 Å². The summed E-state index contributed by atoms with van der Waals surface area (Å²) in [6.45, 7) is 5.56. The Hall–Kier alpha value is 0.230. The Morgan fingerprint density at radius 1 is 1.56 bits per heavy atom. The van der Waals surface area contributed by atoms with Gasteiger partial charge in [0.15, 0.2) is 0 Å². The first-order chi connectivity index (χ1) is 7.57. The normalized spacial score (nSPS) is 26.6. The fourth-order valence-corrected chi connectivity index (χ4v) is 3.56. The van der Waals surface area contributed by atoms with Crippen LogP contribution in [0.4, 0.5) is 0 Å². The monoisotopic (exact) mass is 247 g/mol. The number of hydrogen-bond donors (Lipinski definition) is 2. The molecule has 2 unspecified atom stereocenters. The molecule has 0 aromatic rings. The molecule has 16 heavy (non-hydrogen) atoms. The third kappa shape index (κ3) is 5.04. The molecule has 1 aliphatic heterocycles. The highest BCUT2D eigenvalue weighted by Crippen LogP contribution is 2.33. The summed E-state index contributed by atoms with van der Waals surface area (Å²) >= 11 is 2.02. The molecular formula is C12H25NO2S. The van der Waals surface area contributed by atoms with Crippen LogP contribution in [0, 0.1) is 5.41 Å². The van der Waals surface area contributed by atoms with Crippen molar-refractivity contribution in [3.63, 3.8) is 0 Å². The summed E-state index contributed by atoms with van der Waals surface area (Å²) in [6, 6.07) is 0.843. The van der Waals surface area contributed by atoms with Gasteiger partial charge in [-0.1, -0.05) is 13.8 Å². The number of nitrogens with one attached hydrogen (secondary N) is 1. The molecular weight excluding hydrogens is 222 g/mol. The highest BCUT2D eigenvalue weighted by Gasteiger charge is 2.29. The van der Waals surface area contributed by atoms with Crippen LogP contribution in [0.25, 0.3) is 0 Å². The first-order valence-electron chi connectivity index (χ1n) is 6.01. The van der Waals surface area contributed by atoms with E-state index in [4.69, 9.17) is 9.84 Å². The first kappa shape index (κ1) is 14.3. The van der Waals surface area contributed by atoms with Crippen LogP contribution in [0.1, 0.15) is 26.7 Å². The van der Waals surface area contributed by atoms with Crippen LogP contribution in [0.5, 0.6) is 0 Å². The van der Waals surface area contributed by atoms with Crippen molar-refractivity contribution >= 4 is 11.8 Å². The highest BCUT2D eigenvalue weighted by atomic mass is 32.2. The predicted molar refractivity (Wildman–Crippen MR) is 70.0 cm³/mol. The molecule has 2 atom stereocenters. The Morgan fingerprint density at radius 3 is 2.88 bits per heavy atom. The quantitative estimate of drug-likeness (QED) is 0.746. The number of thioether (sulfide) groups is 1. The average molecular weight is 247 g/mol. The molecule has 0 amide bonds. The van der Waals surface area contributed by atoms with E-state index in [2.05, 4.69) is 19.2 Å². The Kier molecular flexibility index (Phi) is 6.11. The minimum Gasteiger partial charge on any atom is -0.396 e. The van der Waals surface area contributed by atoms with E-state index in [0.29, 0.717) is 18.1 Å². The highest BCUT2D eigenvalue weighted by molar-refractivity contribution is 7.99. The molecule has 0 aromatic heterocycles. The summed E-state index contributed by atoms with van der Waals surface area (Å²) in [7, 11) is 1.71. The molecule has 2 N–H and O–H groups in total. The lowest BCUT2D eigenvalue weighted by Gasteiger charge is -2.37. The second-order valence-corrected chi connectivity index (χ2v) is 6.44. The summed E-state index contributed by atoms with van der Waals surface area (Å²) in [6.07, 6.45) is 1.99. The molecule has 0 aromatic carbocycles. The van der Waals surface area contributed by atoms with E-state index >= 15 is 0 Å². The average Bonchev–Trinajstić information content (AvgIpc) is 2.16. The zero-order valence-electron chi connectivity index (χ0n) is 10.7. The number of hydrogen-bond acceptors (Lipinski definition) is 4. The van der Waals surface area contributed by atoms with Crippen LogP contribution in [-0.2, 0) is 4.74 Å². The number of ether oxygens (including phenoxy) is 1. The summed E-state index contributed by atoms with van der Waals surface area (Å²) in [4.78, 5) is 0. The maximum atomic E-state index is 8.99. The molecule has 1 rings (SSSR count). The van der Waals surface area contributed by atoms with Gasteiger partial charge in [0.05, 0.1) is 6.61 Å². The van der Waals surface area contributed by atoms with E-state index in [1.54, 1.807) is 7.11 Å². The Bertz CT molecular complexity index is 193. The number of rotatable bonds is 6. The number of methoxy groups -OCH3 is 1. The minimum absolute atomic E-state index is 0.226. The maximum absolute atomic E-state index is 8.99. The number of aliphatic hydroxyl groups excluding tert-OH is 1. The van der Waals surface area contributed by atoms with Gasteiger partial charge >= 0.3 is 0 Å². The van der Waals surface area contributed by atoms with Gasteiger partial charge in [0, 0.05) is 31.6 Å². The van der Waals surface area contributed by atoms with Crippen LogP contribution in [0.15, 0.2) is 0 Å². The standard InChI is InChI=1S/C12H25NO2S/c1-12(2)6-11(8-16-9-12)13-10(4-5-14)7-15-3/h10-11,13-14H,4-9H2,1-3H3. The summed E-state index contributed by atoms with van der Waals surface area (Å²) in [5, 5.41) is 12.6. The summed E-state index contributed by atoms with van der Waals surface area (Å²) < 4.78 is 5.17. The fraction of sp³-hybridized carbons (Fsp3) is 1.00. The van der Waals surface area contributed by atoms with Gasteiger partial charge in [-0.15, -0.1) is 0 Å². The third-order valence-electron chi connectivity index (χ3n) is 2.93. The van der Waals surface area contributed by atoms with Crippen molar-refractivity contribution in [1.82, 2.24) is 5.32 Å². The van der Waals surface area contributed by atoms with Crippen LogP contribution in [0.2, 0.25) is 0 Å². The molecule has 0 aliphatic carbocycles. The summed E-state index contributed by atoms with van der Waals surface area (Å²) in [5.41, 5.74) is 0.428. The van der Waals surface area contributed by atoms with Crippen LogP contribution < -0.4 is 5.32 Å². The second kappa shape index (κ2) is 6.84. The van der Waals surface area contributed by atoms with Crippen molar-refractivity contribution in [2.75, 3.05) is 31.8 Å². The van der Waals surface area contributed by atoms with Gasteiger partial charge in [0.1, 0.15) is 0 Å². The SMILES string of the molecule is COCC(CCO)NC1CSCC(C)(C)C1. The Morgan fingerprint density at radius 2 is 2.31 bits per heavy atom. The molecule has 1 saturated heterocycles. The van der Waals surface area contributed by atoms with Gasteiger partial charge in [-0.2, -0.15) is 11.8 Å². The molecule has 3 nitrogen and oxygen atoms in total. The van der Waals surface area contributed by atoms with Crippen molar-refractivity contribution in [1.29, 1.82) is 0 Å². The van der Waals surface area contributed by atoms with Crippen LogP contribution >= 0.6 is 11.8 Å². The lowest BCUT2D eigenvalue weighted by molar-refractivity contribution is 0.139. The lowest BCUT2D eigenvalue weighted by Crippen LogP contribution is -2.47. The van der Waals surface area contributed by atoms with E-state index in [-0.39, 0.29) is 12.6 Å². The van der Waals surface area contributed by atoms with Crippen molar-refractivity contribution < 1.29 is 9.84 Å². The molecule has 4 heteroatoms. The van der Waals surface area contributed by atoms with E-state index in [1.807, 2.05) is 11.8 Å². The van der Waals surface area contributed by atoms with Gasteiger partial charge in [-0.05, 0) is 24.0 Å². The van der Waals surface area contributed by atoms with Crippen molar-refractivity contribution in [3.05, 3.63) is 0 Å². The number of aliphatic hydroxyl groups is 1. The smallest absolute Gasteiger partial charge is 0.0616 e. The molecule has 0 bridgehead atoms. The summed E-state index contributed by atoms with van der Waals surface area (Å²) in [5.74, 6) is 2.43. The van der Waals surface area contributed by atoms with Crippen molar-refractivity contribution in [2.24, 2.45) is 5.41 Å². The zero-order chi connectivity index (χ0) is 12.0. The topological polar surface area (TPSA) is 41.5 Å². The van der Waals surface area contributed by atoms with Crippen molar-refractivity contribution in [3.8, 4) is 0 Å². The van der Waals surface area contributed by atoms with Gasteiger partial charge in [-0.3, -0.25) is 0 Å². The van der Waals surface area contributed by atoms with E-state index in [0.717, 1.165) is 6.42 Å². The Balaban J connectivity index is 2.38. The molecule has 0 saturated carbocycles. The van der Waals surface area contributed by atoms with Crippen molar-refractivity contribution in [2.45, 2.75) is 38.8 Å². The molecule has 1 aliphatic rings. The van der Waals surface area contributed by atoms with Gasteiger partial charge in [0.25, 0.3) is 0 Å². The van der Waals surface area contributed by atoms with E-state index in [9.17, 15) is 0 Å². The maximum Gasteiger partial charge on any atom is 0.0616 e. The van der Waals surface area contributed by atoms with Crippen LogP contribution in [-0.4, -0.2) is 49.0 Å². The van der Waals surface area contributed by atoms with E-state index < -0.39 is 0 Å². The van der Waals surface area contributed by atoms with Gasteiger partial charge in [0.2, 0.25) is 0 Å². The molecule has 1 fully saturated rings. The third-order valence-corrected chi connectivity index (χ3v) is 4.55. The van der Waals surface area contributed by atoms with Crippen LogP contribution in [0.3, 0.4) is 0 Å². The fourth-order valence-electron chi connectivity index (χ4n) is 2.27. The molecule has 0 spiro atoms. The van der Waals surface area contributed by atoms with E-state index in [1.165, 1.54) is 17.9 Å². The molecule has 96 valence electrons. The largest absolute Gasteiger partial charge is 0.396 e. The zero-order valence-corrected chi connectivity index (χ0v) is 11.5.